The first-order valence-corrected chi connectivity index (χ1v) is 11.0. The highest BCUT2D eigenvalue weighted by molar-refractivity contribution is 7.59. The van der Waals surface area contributed by atoms with Crippen molar-refractivity contribution < 1.29 is 18.3 Å². The van der Waals surface area contributed by atoms with E-state index in [9.17, 15) is 14.2 Å². The Labute approximate surface area is 174 Å². The number of ether oxygens (including phenoxy) is 1. The average molecular weight is 430 g/mol. The zero-order chi connectivity index (χ0) is 21.7. The van der Waals surface area contributed by atoms with Gasteiger partial charge in [0.2, 0.25) is 0 Å². The molecule has 0 saturated heterocycles. The molecule has 9 heteroatoms. The number of nitrogens with zero attached hydrogens (tertiary/aromatic N) is 1. The van der Waals surface area contributed by atoms with Crippen molar-refractivity contribution in [2.45, 2.75) is 39.2 Å². The number of aryl methyl sites for hydroxylation is 1. The molecule has 0 spiro atoms. The number of hydrogen-bond donors (Lipinski definition) is 1. The summed E-state index contributed by atoms with van der Waals surface area (Å²) in [6.45, 7) is 5.01. The first-order valence-electron chi connectivity index (χ1n) is 9.43. The monoisotopic (exact) mass is 430 g/mol. The van der Waals surface area contributed by atoms with Crippen molar-refractivity contribution in [3.8, 4) is 11.6 Å². The number of rotatable bonds is 6. The standard InChI is InChI=1S/C21H23N2O6P/c1-15(2)29-30(26,12-11-17-7-5-4-6-8-17)27-14-18-9-10-19(28-18)23-13-16(3)20(24)22-21(23)25/h4-10,13,15,18-19H,14H2,1-3H3,(H,22,24,25)/t18-,19+,30?/m0/s1. The van der Waals surface area contributed by atoms with E-state index in [1.165, 1.54) is 10.8 Å². The molecule has 3 atom stereocenters. The number of H-pyrrole nitrogens is 1. The van der Waals surface area contributed by atoms with Crippen LogP contribution in [-0.2, 0) is 18.3 Å². The van der Waals surface area contributed by atoms with Gasteiger partial charge in [-0.05, 0) is 39.0 Å². The van der Waals surface area contributed by atoms with E-state index < -0.39 is 31.2 Å². The first kappa shape index (κ1) is 22.0. The number of benzene rings is 1. The summed E-state index contributed by atoms with van der Waals surface area (Å²) in [5, 5.41) is 0. The fraction of sp³-hybridized carbons (Fsp3) is 0.333. The molecule has 8 nitrogen and oxygen atoms in total. The van der Waals surface area contributed by atoms with Crippen LogP contribution in [0.1, 0.15) is 31.2 Å². The highest BCUT2D eigenvalue weighted by Crippen LogP contribution is 2.48. The third-order valence-electron chi connectivity index (χ3n) is 4.09. The van der Waals surface area contributed by atoms with E-state index in [1.54, 1.807) is 45.1 Å². The topological polar surface area (TPSA) is 99.6 Å². The summed E-state index contributed by atoms with van der Waals surface area (Å²) in [5.74, 6) is 2.82. The summed E-state index contributed by atoms with van der Waals surface area (Å²) < 4.78 is 31.1. The third-order valence-corrected chi connectivity index (χ3v) is 5.67. The van der Waals surface area contributed by atoms with Crippen molar-refractivity contribution in [2.24, 2.45) is 0 Å². The second kappa shape index (κ2) is 9.41. The molecule has 0 radical (unpaired) electrons. The molecule has 1 aliphatic rings. The van der Waals surface area contributed by atoms with Gasteiger partial charge in [-0.25, -0.2) is 9.36 Å². The lowest BCUT2D eigenvalue weighted by atomic mass is 10.2. The minimum absolute atomic E-state index is 0.0719. The molecule has 0 fully saturated rings. The Balaban J connectivity index is 1.68. The van der Waals surface area contributed by atoms with E-state index in [0.29, 0.717) is 11.1 Å². The fourth-order valence-corrected chi connectivity index (χ4v) is 4.05. The van der Waals surface area contributed by atoms with Crippen molar-refractivity contribution in [1.29, 1.82) is 0 Å². The second-order valence-electron chi connectivity index (χ2n) is 6.98. The van der Waals surface area contributed by atoms with Crippen molar-refractivity contribution in [1.82, 2.24) is 9.55 Å². The molecule has 1 N–H and O–H groups in total. The van der Waals surface area contributed by atoms with Gasteiger partial charge in [0.25, 0.3) is 5.56 Å². The van der Waals surface area contributed by atoms with Crippen molar-refractivity contribution in [3.63, 3.8) is 0 Å². The lowest BCUT2D eigenvalue weighted by Gasteiger charge is -2.19. The van der Waals surface area contributed by atoms with Gasteiger partial charge in [0.1, 0.15) is 6.10 Å². The van der Waals surface area contributed by atoms with Gasteiger partial charge in [0, 0.05) is 23.0 Å². The molecule has 0 saturated carbocycles. The Morgan fingerprint density at radius 2 is 1.97 bits per heavy atom. The molecule has 2 aromatic rings. The highest BCUT2D eigenvalue weighted by Gasteiger charge is 2.28. The average Bonchev–Trinajstić information content (AvgIpc) is 3.17. The normalized spacial score (nSPS) is 20.0. The van der Waals surface area contributed by atoms with Crippen LogP contribution in [0.4, 0.5) is 0 Å². The second-order valence-corrected chi connectivity index (χ2v) is 8.67. The summed E-state index contributed by atoms with van der Waals surface area (Å²) in [4.78, 5) is 25.8. The van der Waals surface area contributed by atoms with Gasteiger partial charge in [-0.1, -0.05) is 30.2 Å². The smallest absolute Gasteiger partial charge is 0.344 e. The highest BCUT2D eigenvalue weighted by atomic mass is 31.2. The van der Waals surface area contributed by atoms with Crippen LogP contribution < -0.4 is 11.2 Å². The van der Waals surface area contributed by atoms with E-state index in [2.05, 4.69) is 16.6 Å². The maximum Gasteiger partial charge on any atom is 0.406 e. The Kier molecular flexibility index (Phi) is 6.91. The van der Waals surface area contributed by atoms with Crippen LogP contribution in [0.5, 0.6) is 0 Å². The van der Waals surface area contributed by atoms with E-state index >= 15 is 0 Å². The van der Waals surface area contributed by atoms with Crippen LogP contribution in [-0.4, -0.2) is 28.4 Å². The van der Waals surface area contributed by atoms with Gasteiger partial charge in [0.15, 0.2) is 6.23 Å². The van der Waals surface area contributed by atoms with Crippen LogP contribution >= 0.6 is 7.60 Å². The molecule has 0 aliphatic carbocycles. The lowest BCUT2D eigenvalue weighted by molar-refractivity contribution is -0.00848. The summed E-state index contributed by atoms with van der Waals surface area (Å²) in [5.41, 5.74) is 2.68. The first-order chi connectivity index (χ1) is 14.3. The van der Waals surface area contributed by atoms with Crippen molar-refractivity contribution in [2.75, 3.05) is 6.61 Å². The molecule has 0 bridgehead atoms. The lowest BCUT2D eigenvalue weighted by Crippen LogP contribution is -2.33. The fourth-order valence-electron chi connectivity index (χ4n) is 2.71. The molecular formula is C21H23N2O6P. The Bertz CT molecular complexity index is 1140. The van der Waals surface area contributed by atoms with Crippen LogP contribution in [0, 0.1) is 18.5 Å². The third kappa shape index (κ3) is 5.68. The van der Waals surface area contributed by atoms with Gasteiger partial charge in [-0.15, -0.1) is 0 Å². The van der Waals surface area contributed by atoms with Crippen molar-refractivity contribution in [3.05, 3.63) is 80.6 Å². The summed E-state index contributed by atoms with van der Waals surface area (Å²) in [7, 11) is -3.70. The number of nitrogens with one attached hydrogen (secondary N) is 1. The van der Waals surface area contributed by atoms with E-state index in [1.807, 2.05) is 18.2 Å². The zero-order valence-electron chi connectivity index (χ0n) is 16.9. The maximum absolute atomic E-state index is 13.0. The molecule has 30 heavy (non-hydrogen) atoms. The predicted octanol–water partition coefficient (Wildman–Crippen LogP) is 2.94. The molecule has 3 rings (SSSR count). The SMILES string of the molecule is Cc1cn([C@H]2C=C[C@@H](COP(=O)(C#Cc3ccccc3)OC(C)C)O2)c(=O)[nH]c1=O. The molecule has 2 heterocycles. The number of aromatic nitrogens is 2. The number of aromatic amines is 1. The summed E-state index contributed by atoms with van der Waals surface area (Å²) in [6.07, 6.45) is 3.17. The molecule has 0 amide bonds. The summed E-state index contributed by atoms with van der Waals surface area (Å²) in [6, 6.07) is 9.11. The minimum Gasteiger partial charge on any atom is -0.344 e. The zero-order valence-corrected chi connectivity index (χ0v) is 17.8. The summed E-state index contributed by atoms with van der Waals surface area (Å²) >= 11 is 0. The Hall–Kier alpha value is -2.69. The Morgan fingerprint density at radius 1 is 1.23 bits per heavy atom. The molecule has 158 valence electrons. The van der Waals surface area contributed by atoms with Gasteiger partial charge >= 0.3 is 13.3 Å². The Morgan fingerprint density at radius 3 is 2.67 bits per heavy atom. The van der Waals surface area contributed by atoms with Gasteiger partial charge < -0.3 is 4.74 Å². The molecule has 1 aromatic heterocycles. The quantitative estimate of drug-likeness (QED) is 0.430. The van der Waals surface area contributed by atoms with Crippen LogP contribution in [0.15, 0.2) is 58.3 Å². The molecule has 1 aromatic carbocycles. The maximum atomic E-state index is 13.0. The van der Waals surface area contributed by atoms with Gasteiger partial charge in [-0.3, -0.25) is 23.4 Å². The largest absolute Gasteiger partial charge is 0.406 e. The molecular weight excluding hydrogens is 407 g/mol. The predicted molar refractivity (Wildman–Crippen MR) is 112 cm³/mol. The molecule has 1 aliphatic heterocycles. The number of hydrogen-bond acceptors (Lipinski definition) is 6. The van der Waals surface area contributed by atoms with Crippen molar-refractivity contribution >= 4 is 7.60 Å². The van der Waals surface area contributed by atoms with E-state index in [-0.39, 0.29) is 12.7 Å². The van der Waals surface area contributed by atoms with Crippen LogP contribution in [0.25, 0.3) is 0 Å². The van der Waals surface area contributed by atoms with Gasteiger partial charge in [0.05, 0.1) is 12.7 Å². The van der Waals surface area contributed by atoms with Gasteiger partial charge in [-0.2, -0.15) is 0 Å². The minimum atomic E-state index is -3.70. The van der Waals surface area contributed by atoms with E-state index in [4.69, 9.17) is 13.8 Å². The van der Waals surface area contributed by atoms with E-state index in [0.717, 1.165) is 0 Å². The molecule has 1 unspecified atom stereocenters. The van der Waals surface area contributed by atoms with Crippen LogP contribution in [0.3, 0.4) is 0 Å². The van der Waals surface area contributed by atoms with Crippen LogP contribution in [0.2, 0.25) is 0 Å².